The monoisotopic (exact) mass is 292 g/mol. The Kier molecular flexibility index (Phi) is 7.55. The Morgan fingerprint density at radius 1 is 1.29 bits per heavy atom. The van der Waals surface area contributed by atoms with E-state index in [-0.39, 0.29) is 17.6 Å². The highest BCUT2D eigenvalue weighted by Crippen LogP contribution is 2.10. The Morgan fingerprint density at radius 3 is 2.67 bits per heavy atom. The zero-order valence-corrected chi connectivity index (χ0v) is 11.6. The highest BCUT2D eigenvalue weighted by atomic mass is 16.5. The van der Waals surface area contributed by atoms with Gasteiger partial charge in [0.15, 0.2) is 5.96 Å². The molecule has 7 nitrogen and oxygen atoms in total. The number of unbranched alkanes of at least 4 members (excludes halogenated alkanes) is 1. The van der Waals surface area contributed by atoms with Crippen molar-refractivity contribution in [2.75, 3.05) is 13.1 Å². The third-order valence-corrected chi connectivity index (χ3v) is 2.55. The summed E-state index contributed by atoms with van der Waals surface area (Å²) < 4.78 is 0. The number of phenolic OH excluding ortho intramolecular Hbond substituents is 1. The van der Waals surface area contributed by atoms with Gasteiger partial charge in [-0.25, -0.2) is 5.48 Å². The second kappa shape index (κ2) is 9.51. The third kappa shape index (κ3) is 7.71. The number of aromatic hydroxyl groups is 1. The zero-order valence-electron chi connectivity index (χ0n) is 11.6. The number of carbonyl (C=O) groups is 1. The van der Waals surface area contributed by atoms with E-state index in [0.717, 1.165) is 18.4 Å². The molecule has 21 heavy (non-hydrogen) atoms. The highest BCUT2D eigenvalue weighted by molar-refractivity contribution is 6.03. The van der Waals surface area contributed by atoms with Crippen LogP contribution in [-0.2, 0) is 4.79 Å². The van der Waals surface area contributed by atoms with Crippen molar-refractivity contribution < 1.29 is 15.1 Å². The van der Waals surface area contributed by atoms with Crippen molar-refractivity contribution >= 4 is 17.9 Å². The van der Waals surface area contributed by atoms with E-state index in [1.807, 2.05) is 5.48 Å². The van der Waals surface area contributed by atoms with Gasteiger partial charge in [-0.15, -0.1) is 0 Å². The summed E-state index contributed by atoms with van der Waals surface area (Å²) in [6, 6.07) is 6.45. The maximum Gasteiger partial charge on any atom is 0.250 e. The fourth-order valence-corrected chi connectivity index (χ4v) is 1.48. The Hall–Kier alpha value is -2.38. The van der Waals surface area contributed by atoms with E-state index in [9.17, 15) is 4.79 Å². The van der Waals surface area contributed by atoms with Crippen molar-refractivity contribution in [2.24, 2.45) is 10.7 Å². The number of hydroxylamine groups is 1. The SMILES string of the molecule is NC(=NCCCCNO)NC(=O)/C=C/c1ccc(O)cc1. The lowest BCUT2D eigenvalue weighted by Gasteiger charge is -2.01. The second-order valence-electron chi connectivity index (χ2n) is 4.30. The predicted octanol–water partition coefficient (Wildman–Crippen LogP) is 0.595. The summed E-state index contributed by atoms with van der Waals surface area (Å²) in [6.07, 6.45) is 4.47. The first-order valence-electron chi connectivity index (χ1n) is 6.57. The molecule has 6 N–H and O–H groups in total. The molecule has 0 aliphatic heterocycles. The number of guanidine groups is 1. The molecule has 0 radical (unpaired) electrons. The standard InChI is InChI=1S/C14H20N4O3/c15-14(16-9-1-2-10-17-21)18-13(20)8-5-11-3-6-12(19)7-4-11/h3-8,17,19,21H,1-2,9-10H2,(H3,15,16,18,20)/b8-5+. The lowest BCUT2D eigenvalue weighted by Crippen LogP contribution is -2.35. The van der Waals surface area contributed by atoms with Crippen molar-refractivity contribution in [3.8, 4) is 5.75 Å². The Labute approximate surface area is 123 Å². The molecule has 0 aliphatic rings. The summed E-state index contributed by atoms with van der Waals surface area (Å²) in [4.78, 5) is 15.6. The number of benzene rings is 1. The third-order valence-electron chi connectivity index (χ3n) is 2.55. The molecule has 0 unspecified atom stereocenters. The molecule has 0 heterocycles. The van der Waals surface area contributed by atoms with E-state index in [2.05, 4.69) is 10.3 Å². The second-order valence-corrected chi connectivity index (χ2v) is 4.30. The van der Waals surface area contributed by atoms with Crippen LogP contribution < -0.4 is 16.5 Å². The number of hydrogen-bond donors (Lipinski definition) is 5. The van der Waals surface area contributed by atoms with Crippen molar-refractivity contribution in [2.45, 2.75) is 12.8 Å². The van der Waals surface area contributed by atoms with Crippen molar-refractivity contribution in [3.05, 3.63) is 35.9 Å². The first-order chi connectivity index (χ1) is 10.1. The van der Waals surface area contributed by atoms with E-state index < -0.39 is 0 Å². The van der Waals surface area contributed by atoms with Crippen LogP contribution in [0, 0.1) is 0 Å². The number of aliphatic imine (C=N–C) groups is 1. The van der Waals surface area contributed by atoms with E-state index in [1.54, 1.807) is 18.2 Å². The van der Waals surface area contributed by atoms with Crippen molar-refractivity contribution in [1.29, 1.82) is 0 Å². The van der Waals surface area contributed by atoms with Gasteiger partial charge in [0, 0.05) is 19.2 Å². The summed E-state index contributed by atoms with van der Waals surface area (Å²) in [5.41, 5.74) is 8.40. The van der Waals surface area contributed by atoms with E-state index >= 15 is 0 Å². The number of nitrogens with one attached hydrogen (secondary N) is 2. The van der Waals surface area contributed by atoms with Gasteiger partial charge in [-0.3, -0.25) is 15.1 Å². The molecule has 0 saturated carbocycles. The summed E-state index contributed by atoms with van der Waals surface area (Å²) in [5.74, 6) is -0.141. The van der Waals surface area contributed by atoms with Gasteiger partial charge in [0.1, 0.15) is 5.75 Å². The molecule has 0 aliphatic carbocycles. The predicted molar refractivity (Wildman–Crippen MR) is 80.8 cm³/mol. The Morgan fingerprint density at radius 2 is 2.00 bits per heavy atom. The van der Waals surface area contributed by atoms with Crippen molar-refractivity contribution in [3.63, 3.8) is 0 Å². The zero-order chi connectivity index (χ0) is 15.5. The van der Waals surface area contributed by atoms with E-state index in [1.165, 1.54) is 18.2 Å². The molecule has 1 rings (SSSR count). The van der Waals surface area contributed by atoms with Crippen LogP contribution in [0.2, 0.25) is 0 Å². The topological polar surface area (TPSA) is 120 Å². The maximum atomic E-state index is 11.6. The van der Waals surface area contributed by atoms with Gasteiger partial charge in [-0.1, -0.05) is 12.1 Å². The van der Waals surface area contributed by atoms with Gasteiger partial charge in [0.2, 0.25) is 0 Å². The van der Waals surface area contributed by atoms with Crippen LogP contribution >= 0.6 is 0 Å². The Balaban J connectivity index is 2.35. The van der Waals surface area contributed by atoms with E-state index in [0.29, 0.717) is 13.1 Å². The Bertz CT molecular complexity index is 497. The fourth-order valence-electron chi connectivity index (χ4n) is 1.48. The largest absolute Gasteiger partial charge is 0.508 e. The number of hydrogen-bond acceptors (Lipinski definition) is 5. The molecule has 0 fully saturated rings. The molecule has 114 valence electrons. The first kappa shape index (κ1) is 16.7. The van der Waals surface area contributed by atoms with Crippen LogP contribution in [-0.4, -0.2) is 35.3 Å². The van der Waals surface area contributed by atoms with Crippen molar-refractivity contribution in [1.82, 2.24) is 10.8 Å². The molecule has 0 saturated heterocycles. The molecule has 0 aromatic heterocycles. The van der Waals surface area contributed by atoms with Gasteiger partial charge in [0.25, 0.3) is 5.91 Å². The number of nitrogens with two attached hydrogens (primary N) is 1. The van der Waals surface area contributed by atoms with Gasteiger partial charge in [0.05, 0.1) is 0 Å². The maximum absolute atomic E-state index is 11.6. The number of phenols is 1. The highest BCUT2D eigenvalue weighted by Gasteiger charge is 1.98. The van der Waals surface area contributed by atoms with Gasteiger partial charge < -0.3 is 16.0 Å². The summed E-state index contributed by atoms with van der Waals surface area (Å²) in [5, 5.41) is 19.9. The number of nitrogens with zero attached hydrogens (tertiary/aromatic N) is 1. The van der Waals surface area contributed by atoms with Gasteiger partial charge in [-0.2, -0.15) is 0 Å². The van der Waals surface area contributed by atoms with Crippen LogP contribution in [0.1, 0.15) is 18.4 Å². The lowest BCUT2D eigenvalue weighted by atomic mass is 10.2. The number of carbonyl (C=O) groups excluding carboxylic acids is 1. The van der Waals surface area contributed by atoms with Crippen LogP contribution in [0.5, 0.6) is 5.75 Å². The van der Waals surface area contributed by atoms with Crippen LogP contribution in [0.4, 0.5) is 0 Å². The normalized spacial score (nSPS) is 11.8. The number of amides is 1. The molecule has 1 aromatic carbocycles. The first-order valence-corrected chi connectivity index (χ1v) is 6.57. The average Bonchev–Trinajstić information content (AvgIpc) is 2.46. The fraction of sp³-hybridized carbons (Fsp3) is 0.286. The minimum atomic E-state index is -0.374. The van der Waals surface area contributed by atoms with Gasteiger partial charge >= 0.3 is 0 Å². The average molecular weight is 292 g/mol. The smallest absolute Gasteiger partial charge is 0.250 e. The summed E-state index contributed by atoms with van der Waals surface area (Å²) in [7, 11) is 0. The molecule has 0 bridgehead atoms. The number of rotatable bonds is 7. The molecule has 1 amide bonds. The van der Waals surface area contributed by atoms with Crippen LogP contribution in [0.25, 0.3) is 6.08 Å². The molecular weight excluding hydrogens is 272 g/mol. The van der Waals surface area contributed by atoms with Gasteiger partial charge in [-0.05, 0) is 36.6 Å². The molecule has 7 heteroatoms. The minimum Gasteiger partial charge on any atom is -0.508 e. The van der Waals surface area contributed by atoms with E-state index in [4.69, 9.17) is 16.0 Å². The quantitative estimate of drug-likeness (QED) is 0.166. The molecule has 1 aromatic rings. The molecule has 0 spiro atoms. The van der Waals surface area contributed by atoms with Crippen LogP contribution in [0.3, 0.4) is 0 Å². The molecule has 0 atom stereocenters. The summed E-state index contributed by atoms with van der Waals surface area (Å²) in [6.45, 7) is 0.979. The minimum absolute atomic E-state index is 0.0623. The molecular formula is C14H20N4O3. The van der Waals surface area contributed by atoms with Crippen LogP contribution in [0.15, 0.2) is 35.3 Å². The lowest BCUT2D eigenvalue weighted by molar-refractivity contribution is -0.115. The summed E-state index contributed by atoms with van der Waals surface area (Å²) >= 11 is 0.